The van der Waals surface area contributed by atoms with E-state index in [2.05, 4.69) is 10.6 Å². The predicted octanol–water partition coefficient (Wildman–Crippen LogP) is 3.61. The zero-order chi connectivity index (χ0) is 21.1. The van der Waals surface area contributed by atoms with Crippen LogP contribution in [0.15, 0.2) is 29.2 Å². The largest absolute Gasteiger partial charge is 0.456 e. The van der Waals surface area contributed by atoms with Crippen molar-refractivity contribution in [1.29, 1.82) is 0 Å². The molecular weight excluding hydrogens is 400 g/mol. The van der Waals surface area contributed by atoms with E-state index in [0.29, 0.717) is 23.4 Å². The molecule has 4 saturated carbocycles. The molecule has 4 aliphatic carbocycles. The Morgan fingerprint density at radius 2 is 1.63 bits per heavy atom. The molecule has 0 aromatic heterocycles. The third-order valence-corrected chi connectivity index (χ3v) is 7.62. The van der Waals surface area contributed by atoms with Crippen molar-refractivity contribution in [1.82, 2.24) is 5.32 Å². The van der Waals surface area contributed by atoms with Gasteiger partial charge in [-0.05, 0) is 86.8 Å². The van der Waals surface area contributed by atoms with Crippen molar-refractivity contribution >= 4 is 35.2 Å². The molecule has 4 fully saturated rings. The number of anilines is 1. The van der Waals surface area contributed by atoms with Gasteiger partial charge in [-0.25, -0.2) is 0 Å². The summed E-state index contributed by atoms with van der Waals surface area (Å²) in [4.78, 5) is 37.9. The first-order valence-corrected chi connectivity index (χ1v) is 12.1. The van der Waals surface area contributed by atoms with Gasteiger partial charge in [-0.3, -0.25) is 14.4 Å². The lowest BCUT2D eigenvalue weighted by molar-refractivity contribution is -0.148. The molecule has 0 saturated heterocycles. The molecule has 0 aliphatic heterocycles. The number of carbonyl (C=O) groups is 3. The van der Waals surface area contributed by atoms with Crippen molar-refractivity contribution in [3.63, 3.8) is 0 Å². The highest BCUT2D eigenvalue weighted by Crippen LogP contribution is 2.60. The summed E-state index contributed by atoms with van der Waals surface area (Å²) in [6.07, 6.45) is 8.97. The molecule has 4 aliphatic rings. The normalized spacial score (nSPS) is 28.8. The van der Waals surface area contributed by atoms with E-state index >= 15 is 0 Å². The monoisotopic (exact) mass is 430 g/mol. The van der Waals surface area contributed by atoms with Crippen LogP contribution in [0.4, 0.5) is 5.69 Å². The Balaban J connectivity index is 1.15. The minimum Gasteiger partial charge on any atom is -0.456 e. The van der Waals surface area contributed by atoms with Crippen LogP contribution in [-0.4, -0.2) is 37.2 Å². The van der Waals surface area contributed by atoms with Gasteiger partial charge < -0.3 is 15.4 Å². The van der Waals surface area contributed by atoms with Crippen LogP contribution in [0.5, 0.6) is 0 Å². The predicted molar refractivity (Wildman–Crippen MR) is 116 cm³/mol. The number of thioether (sulfide) groups is 1. The van der Waals surface area contributed by atoms with Gasteiger partial charge in [-0.2, -0.15) is 0 Å². The van der Waals surface area contributed by atoms with E-state index in [1.807, 2.05) is 30.5 Å². The average molecular weight is 431 g/mol. The molecule has 2 amide bonds. The Kier molecular flexibility index (Phi) is 6.37. The second-order valence-corrected chi connectivity index (χ2v) is 10.0. The van der Waals surface area contributed by atoms with Crippen LogP contribution in [0.1, 0.15) is 44.9 Å². The Bertz CT molecular complexity index is 773. The number of hydrogen-bond donors (Lipinski definition) is 2. The summed E-state index contributed by atoms with van der Waals surface area (Å²) in [6, 6.07) is 7.45. The molecular formula is C23H30N2O4S. The molecule has 2 N–H and O–H groups in total. The van der Waals surface area contributed by atoms with Crippen molar-refractivity contribution in [3.8, 4) is 0 Å². The molecule has 30 heavy (non-hydrogen) atoms. The number of amides is 2. The summed E-state index contributed by atoms with van der Waals surface area (Å²) >= 11 is 1.62. The van der Waals surface area contributed by atoms with Crippen LogP contribution in [0.25, 0.3) is 0 Å². The quantitative estimate of drug-likeness (QED) is 0.486. The van der Waals surface area contributed by atoms with Gasteiger partial charge in [0, 0.05) is 22.5 Å². The van der Waals surface area contributed by atoms with Crippen LogP contribution in [-0.2, 0) is 19.1 Å². The van der Waals surface area contributed by atoms with Crippen molar-refractivity contribution in [2.24, 2.45) is 23.2 Å². The molecule has 0 spiro atoms. The number of hydrogen-bond acceptors (Lipinski definition) is 5. The molecule has 0 heterocycles. The first-order chi connectivity index (χ1) is 14.5. The molecule has 7 heteroatoms. The van der Waals surface area contributed by atoms with Crippen LogP contribution < -0.4 is 10.6 Å². The lowest BCUT2D eigenvalue weighted by Gasteiger charge is -2.55. The average Bonchev–Trinajstić information content (AvgIpc) is 2.72. The van der Waals surface area contributed by atoms with E-state index in [-0.39, 0.29) is 36.8 Å². The van der Waals surface area contributed by atoms with E-state index in [9.17, 15) is 14.4 Å². The summed E-state index contributed by atoms with van der Waals surface area (Å²) in [7, 11) is 0. The Morgan fingerprint density at radius 1 is 1.03 bits per heavy atom. The van der Waals surface area contributed by atoms with Crippen molar-refractivity contribution in [2.75, 3.05) is 24.7 Å². The third-order valence-electron chi connectivity index (χ3n) is 6.87. The molecule has 1 aromatic rings. The molecule has 4 bridgehead atoms. The number of nitrogens with one attached hydrogen (secondary N) is 2. The lowest BCUT2D eigenvalue weighted by atomic mass is 9.49. The Hall–Kier alpha value is -2.02. The topological polar surface area (TPSA) is 84.5 Å². The number of ether oxygens (including phenoxy) is 1. The van der Waals surface area contributed by atoms with Crippen molar-refractivity contribution < 1.29 is 19.1 Å². The Labute approximate surface area is 181 Å². The van der Waals surface area contributed by atoms with Gasteiger partial charge in [0.05, 0.1) is 6.42 Å². The molecule has 0 unspecified atom stereocenters. The summed E-state index contributed by atoms with van der Waals surface area (Å²) in [5.41, 5.74) is 0.460. The summed E-state index contributed by atoms with van der Waals surface area (Å²) in [5.74, 6) is 1.39. The summed E-state index contributed by atoms with van der Waals surface area (Å²) in [6.45, 7) is -0.0663. The highest BCUT2D eigenvalue weighted by atomic mass is 32.2. The summed E-state index contributed by atoms with van der Waals surface area (Å²) in [5, 5.41) is 5.67. The number of esters is 1. The molecule has 1 aromatic carbocycles. The van der Waals surface area contributed by atoms with E-state index in [0.717, 1.165) is 24.2 Å². The van der Waals surface area contributed by atoms with Crippen molar-refractivity contribution in [3.05, 3.63) is 24.3 Å². The molecule has 0 radical (unpaired) electrons. The molecule has 0 atom stereocenters. The highest BCUT2D eigenvalue weighted by molar-refractivity contribution is 7.98. The number of rotatable bonds is 8. The maximum atomic E-state index is 12.9. The van der Waals surface area contributed by atoms with E-state index < -0.39 is 5.97 Å². The second kappa shape index (κ2) is 9.00. The van der Waals surface area contributed by atoms with Crippen LogP contribution in [0, 0.1) is 23.2 Å². The van der Waals surface area contributed by atoms with Gasteiger partial charge >= 0.3 is 5.97 Å². The van der Waals surface area contributed by atoms with Gasteiger partial charge in [0.25, 0.3) is 5.91 Å². The highest BCUT2D eigenvalue weighted by Gasteiger charge is 2.54. The summed E-state index contributed by atoms with van der Waals surface area (Å²) < 4.78 is 5.05. The van der Waals surface area contributed by atoms with E-state index in [4.69, 9.17) is 4.74 Å². The maximum absolute atomic E-state index is 12.9. The molecule has 5 rings (SSSR count). The Morgan fingerprint density at radius 3 is 2.20 bits per heavy atom. The first kappa shape index (κ1) is 21.2. The minimum absolute atomic E-state index is 0.0772. The van der Waals surface area contributed by atoms with Gasteiger partial charge in [-0.1, -0.05) is 0 Å². The standard InChI is InChI=1S/C23H30N2O4S/c1-30-19-4-2-18(3-5-19)25-20(26)14-29-21(27)6-7-24-22(28)23-11-15-8-16(12-23)10-17(9-15)13-23/h2-5,15-17H,6-14H2,1H3,(H,24,28)(H,25,26). The first-order valence-electron chi connectivity index (χ1n) is 10.8. The second-order valence-electron chi connectivity index (χ2n) is 9.14. The number of benzene rings is 1. The maximum Gasteiger partial charge on any atom is 0.308 e. The van der Waals surface area contributed by atoms with Crippen LogP contribution in [0.2, 0.25) is 0 Å². The van der Waals surface area contributed by atoms with Gasteiger partial charge in [0.2, 0.25) is 5.91 Å². The van der Waals surface area contributed by atoms with Gasteiger partial charge in [0.1, 0.15) is 0 Å². The smallest absolute Gasteiger partial charge is 0.308 e. The molecule has 162 valence electrons. The van der Waals surface area contributed by atoms with Gasteiger partial charge in [-0.15, -0.1) is 11.8 Å². The fourth-order valence-electron chi connectivity index (χ4n) is 5.94. The minimum atomic E-state index is -0.478. The van der Waals surface area contributed by atoms with E-state index in [1.165, 1.54) is 19.3 Å². The van der Waals surface area contributed by atoms with Crippen LogP contribution in [0.3, 0.4) is 0 Å². The third kappa shape index (κ3) is 4.82. The lowest BCUT2D eigenvalue weighted by Crippen LogP contribution is -2.53. The molecule has 6 nitrogen and oxygen atoms in total. The fourth-order valence-corrected chi connectivity index (χ4v) is 6.35. The zero-order valence-electron chi connectivity index (χ0n) is 17.4. The number of carbonyl (C=O) groups excluding carboxylic acids is 3. The van der Waals surface area contributed by atoms with Crippen molar-refractivity contribution in [2.45, 2.75) is 49.8 Å². The fraction of sp³-hybridized carbons (Fsp3) is 0.609. The zero-order valence-corrected chi connectivity index (χ0v) is 18.3. The van der Waals surface area contributed by atoms with E-state index in [1.54, 1.807) is 11.8 Å². The van der Waals surface area contributed by atoms with Gasteiger partial charge in [0.15, 0.2) is 6.61 Å². The SMILES string of the molecule is CSc1ccc(NC(=O)COC(=O)CCNC(=O)C23CC4CC(CC(C4)C2)C3)cc1. The van der Waals surface area contributed by atoms with Crippen LogP contribution >= 0.6 is 11.8 Å².